The van der Waals surface area contributed by atoms with E-state index in [0.29, 0.717) is 18.4 Å². The molecule has 0 saturated carbocycles. The van der Waals surface area contributed by atoms with E-state index < -0.39 is 0 Å². The van der Waals surface area contributed by atoms with Crippen LogP contribution in [0.4, 0.5) is 0 Å². The maximum absolute atomic E-state index is 8.76. The molecule has 2 rings (SSSR count). The second kappa shape index (κ2) is 6.81. The fourth-order valence-electron chi connectivity index (χ4n) is 3.09. The van der Waals surface area contributed by atoms with Crippen molar-refractivity contribution in [1.82, 2.24) is 4.90 Å². The van der Waals surface area contributed by atoms with Crippen LogP contribution in [0.2, 0.25) is 0 Å². The highest BCUT2D eigenvalue weighted by atomic mass is 32.2. The predicted molar refractivity (Wildman–Crippen MR) is 78.9 cm³/mol. The Labute approximate surface area is 119 Å². The van der Waals surface area contributed by atoms with E-state index >= 15 is 0 Å². The van der Waals surface area contributed by atoms with E-state index in [1.165, 1.54) is 5.75 Å². The third kappa shape index (κ3) is 3.77. The molecular formula is C13H25N3O2S. The summed E-state index contributed by atoms with van der Waals surface area (Å²) in [6.07, 6.45) is 4.37. The lowest BCUT2D eigenvalue weighted by Gasteiger charge is -2.42. The Balaban J connectivity index is 1.99. The molecule has 2 aliphatic rings. The molecule has 0 aromatic carbocycles. The van der Waals surface area contributed by atoms with Gasteiger partial charge < -0.3 is 15.7 Å². The highest BCUT2D eigenvalue weighted by Crippen LogP contribution is 2.39. The van der Waals surface area contributed by atoms with Crippen molar-refractivity contribution in [1.29, 1.82) is 0 Å². The first-order valence-corrected chi connectivity index (χ1v) is 8.27. The Kier molecular flexibility index (Phi) is 5.36. The minimum Gasteiger partial charge on any atom is -0.409 e. The summed E-state index contributed by atoms with van der Waals surface area (Å²) in [5.41, 5.74) is 5.77. The van der Waals surface area contributed by atoms with Gasteiger partial charge in [0.2, 0.25) is 0 Å². The zero-order chi connectivity index (χ0) is 13.7. The fraction of sp³-hybridized carbons (Fsp3) is 0.923. The quantitative estimate of drug-likeness (QED) is 0.347. The third-order valence-electron chi connectivity index (χ3n) is 4.05. The summed E-state index contributed by atoms with van der Waals surface area (Å²) < 4.78 is 6.06. The van der Waals surface area contributed by atoms with E-state index in [0.717, 1.165) is 44.6 Å². The molecular weight excluding hydrogens is 262 g/mol. The van der Waals surface area contributed by atoms with Crippen LogP contribution in [0.25, 0.3) is 0 Å². The van der Waals surface area contributed by atoms with Crippen molar-refractivity contribution in [3.63, 3.8) is 0 Å². The molecule has 5 nitrogen and oxygen atoms in total. The Bertz CT molecular complexity index is 319. The van der Waals surface area contributed by atoms with Gasteiger partial charge in [0.05, 0.1) is 12.1 Å². The number of ether oxygens (including phenoxy) is 1. The molecule has 0 radical (unpaired) electrons. The molecule has 0 amide bonds. The molecule has 0 bridgehead atoms. The number of nitrogens with two attached hydrogens (primary N) is 1. The van der Waals surface area contributed by atoms with E-state index in [1.54, 1.807) is 0 Å². The SMILES string of the molecule is CCCN(CC(N)=NO)C1CCOC2(CCSC2)C1. The molecule has 2 atom stereocenters. The van der Waals surface area contributed by atoms with Gasteiger partial charge >= 0.3 is 0 Å². The number of nitrogens with zero attached hydrogens (tertiary/aromatic N) is 2. The summed E-state index contributed by atoms with van der Waals surface area (Å²) in [5.74, 6) is 2.63. The van der Waals surface area contributed by atoms with Crippen molar-refractivity contribution in [3.05, 3.63) is 0 Å². The average Bonchev–Trinajstić information content (AvgIpc) is 2.86. The number of thioether (sulfide) groups is 1. The number of hydrogen-bond acceptors (Lipinski definition) is 5. The summed E-state index contributed by atoms with van der Waals surface area (Å²) >= 11 is 1.99. The second-order valence-corrected chi connectivity index (χ2v) is 6.65. The highest BCUT2D eigenvalue weighted by Gasteiger charge is 2.41. The minimum atomic E-state index is 0.0880. The highest BCUT2D eigenvalue weighted by molar-refractivity contribution is 7.99. The Morgan fingerprint density at radius 2 is 2.47 bits per heavy atom. The molecule has 2 unspecified atom stereocenters. The van der Waals surface area contributed by atoms with Gasteiger partial charge in [0.25, 0.3) is 0 Å². The summed E-state index contributed by atoms with van der Waals surface area (Å²) in [5, 5.41) is 11.9. The summed E-state index contributed by atoms with van der Waals surface area (Å²) in [6, 6.07) is 0.493. The molecule has 3 N–H and O–H groups in total. The summed E-state index contributed by atoms with van der Waals surface area (Å²) in [6.45, 7) is 4.55. The molecule has 1 spiro atoms. The number of hydrogen-bond donors (Lipinski definition) is 2. The maximum Gasteiger partial charge on any atom is 0.153 e. The lowest BCUT2D eigenvalue weighted by atomic mass is 9.89. The number of oxime groups is 1. The molecule has 0 aliphatic carbocycles. The zero-order valence-electron chi connectivity index (χ0n) is 11.7. The average molecular weight is 287 g/mol. The zero-order valence-corrected chi connectivity index (χ0v) is 12.5. The third-order valence-corrected chi connectivity index (χ3v) is 5.28. The monoisotopic (exact) mass is 287 g/mol. The van der Waals surface area contributed by atoms with Crippen LogP contribution >= 0.6 is 11.8 Å². The van der Waals surface area contributed by atoms with Crippen molar-refractivity contribution in [2.45, 2.75) is 44.2 Å². The van der Waals surface area contributed by atoms with Gasteiger partial charge in [0.1, 0.15) is 0 Å². The molecule has 2 heterocycles. The first-order chi connectivity index (χ1) is 9.19. The molecule has 19 heavy (non-hydrogen) atoms. The van der Waals surface area contributed by atoms with E-state index in [4.69, 9.17) is 15.7 Å². The van der Waals surface area contributed by atoms with Crippen molar-refractivity contribution in [2.24, 2.45) is 10.9 Å². The van der Waals surface area contributed by atoms with Crippen molar-refractivity contribution < 1.29 is 9.94 Å². The van der Waals surface area contributed by atoms with Gasteiger partial charge in [-0.05, 0) is 38.0 Å². The smallest absolute Gasteiger partial charge is 0.153 e. The standard InChI is InChI=1S/C13H25N3O2S/c1-2-5-16(9-12(14)15-17)11-3-6-18-13(8-11)4-7-19-10-13/h11,17H,2-10H2,1H3,(H2,14,15). The lowest BCUT2D eigenvalue weighted by molar-refractivity contribution is -0.0877. The van der Waals surface area contributed by atoms with E-state index in [9.17, 15) is 0 Å². The van der Waals surface area contributed by atoms with Crippen molar-refractivity contribution >= 4 is 17.6 Å². The largest absolute Gasteiger partial charge is 0.409 e. The molecule has 110 valence electrons. The topological polar surface area (TPSA) is 71.1 Å². The first kappa shape index (κ1) is 14.9. The predicted octanol–water partition coefficient (Wildman–Crippen LogP) is 1.50. The van der Waals surface area contributed by atoms with Crippen LogP contribution in [-0.4, -0.2) is 58.8 Å². The Hall–Kier alpha value is -0.460. The molecule has 0 aromatic rings. The number of rotatable bonds is 5. The summed E-state index contributed by atoms with van der Waals surface area (Å²) in [7, 11) is 0. The fourth-order valence-corrected chi connectivity index (χ4v) is 4.47. The van der Waals surface area contributed by atoms with Crippen LogP contribution in [0.3, 0.4) is 0 Å². The van der Waals surface area contributed by atoms with Crippen LogP contribution < -0.4 is 5.73 Å². The number of amidine groups is 1. The van der Waals surface area contributed by atoms with E-state index in [2.05, 4.69) is 17.0 Å². The molecule has 6 heteroatoms. The second-order valence-electron chi connectivity index (χ2n) is 5.54. The normalized spacial score (nSPS) is 32.3. The summed E-state index contributed by atoms with van der Waals surface area (Å²) in [4.78, 5) is 2.35. The van der Waals surface area contributed by atoms with Gasteiger partial charge in [-0.2, -0.15) is 11.8 Å². The van der Waals surface area contributed by atoms with Gasteiger partial charge in [-0.15, -0.1) is 0 Å². The van der Waals surface area contributed by atoms with Gasteiger partial charge in [-0.25, -0.2) is 0 Å². The molecule has 2 saturated heterocycles. The molecule has 2 aliphatic heterocycles. The van der Waals surface area contributed by atoms with Gasteiger partial charge in [-0.3, -0.25) is 4.90 Å². The van der Waals surface area contributed by atoms with Gasteiger partial charge in [0.15, 0.2) is 5.84 Å². The maximum atomic E-state index is 8.76. The van der Waals surface area contributed by atoms with Crippen molar-refractivity contribution in [2.75, 3.05) is 31.2 Å². The van der Waals surface area contributed by atoms with Crippen LogP contribution in [0, 0.1) is 0 Å². The Morgan fingerprint density at radius 1 is 1.63 bits per heavy atom. The first-order valence-electron chi connectivity index (χ1n) is 7.11. The van der Waals surface area contributed by atoms with Crippen LogP contribution in [-0.2, 0) is 4.74 Å². The van der Waals surface area contributed by atoms with Crippen LogP contribution in [0.15, 0.2) is 5.16 Å². The van der Waals surface area contributed by atoms with Crippen LogP contribution in [0.1, 0.15) is 32.6 Å². The lowest BCUT2D eigenvalue weighted by Crippen LogP contribution is -2.51. The van der Waals surface area contributed by atoms with Crippen molar-refractivity contribution in [3.8, 4) is 0 Å². The van der Waals surface area contributed by atoms with Gasteiger partial charge in [-0.1, -0.05) is 12.1 Å². The van der Waals surface area contributed by atoms with E-state index in [1.807, 2.05) is 11.8 Å². The van der Waals surface area contributed by atoms with Gasteiger partial charge in [0, 0.05) is 18.4 Å². The molecule has 0 aromatic heterocycles. The minimum absolute atomic E-state index is 0.0880. The van der Waals surface area contributed by atoms with Crippen LogP contribution in [0.5, 0.6) is 0 Å². The Morgan fingerprint density at radius 3 is 3.11 bits per heavy atom. The van der Waals surface area contributed by atoms with E-state index in [-0.39, 0.29) is 5.60 Å². The molecule has 2 fully saturated rings.